The van der Waals surface area contributed by atoms with Crippen LogP contribution in [0.5, 0.6) is 11.5 Å². The molecule has 4 nitrogen and oxygen atoms in total. The van der Waals surface area contributed by atoms with E-state index in [1.807, 2.05) is 19.1 Å². The first-order chi connectivity index (χ1) is 10.2. The molecule has 2 rings (SSSR count). The van der Waals surface area contributed by atoms with Crippen LogP contribution < -0.4 is 14.8 Å². The van der Waals surface area contributed by atoms with Gasteiger partial charge in [-0.1, -0.05) is 12.6 Å². The molecule has 1 atom stereocenters. The van der Waals surface area contributed by atoms with Crippen LogP contribution in [-0.2, 0) is 11.3 Å². The Morgan fingerprint density at radius 3 is 2.95 bits per heavy atom. The van der Waals surface area contributed by atoms with Gasteiger partial charge in [-0.05, 0) is 43.0 Å². The highest BCUT2D eigenvalue weighted by Gasteiger charge is 2.14. The smallest absolute Gasteiger partial charge is 0.161 e. The van der Waals surface area contributed by atoms with E-state index in [1.165, 1.54) is 12.0 Å². The van der Waals surface area contributed by atoms with E-state index >= 15 is 0 Å². The molecule has 1 N–H and O–H groups in total. The molecule has 0 saturated carbocycles. The molecule has 21 heavy (non-hydrogen) atoms. The van der Waals surface area contributed by atoms with Crippen molar-refractivity contribution in [1.29, 1.82) is 0 Å². The van der Waals surface area contributed by atoms with Crippen molar-refractivity contribution in [1.82, 2.24) is 5.32 Å². The molecule has 0 amide bonds. The van der Waals surface area contributed by atoms with E-state index in [1.54, 1.807) is 7.11 Å². The molecule has 1 fully saturated rings. The highest BCUT2D eigenvalue weighted by molar-refractivity contribution is 5.43. The van der Waals surface area contributed by atoms with Gasteiger partial charge in [0, 0.05) is 19.7 Å². The van der Waals surface area contributed by atoms with E-state index in [-0.39, 0.29) is 0 Å². The highest BCUT2D eigenvalue weighted by Crippen LogP contribution is 2.28. The van der Waals surface area contributed by atoms with Crippen LogP contribution in [0.25, 0.3) is 0 Å². The number of rotatable bonds is 8. The zero-order valence-corrected chi connectivity index (χ0v) is 13.0. The number of nitrogens with one attached hydrogen (secondary N) is 1. The molecule has 1 aromatic carbocycles. The van der Waals surface area contributed by atoms with Crippen LogP contribution in [0, 0.1) is 0 Å². The van der Waals surface area contributed by atoms with Crippen molar-refractivity contribution >= 4 is 0 Å². The molecular formula is C17H25NO3. The second-order valence-electron chi connectivity index (χ2n) is 5.50. The number of ether oxygens (including phenoxy) is 3. The largest absolute Gasteiger partial charge is 0.493 e. The van der Waals surface area contributed by atoms with Gasteiger partial charge in [0.25, 0.3) is 0 Å². The van der Waals surface area contributed by atoms with Crippen LogP contribution in [0.4, 0.5) is 0 Å². The summed E-state index contributed by atoms with van der Waals surface area (Å²) in [6.45, 7) is 8.89. The van der Waals surface area contributed by atoms with E-state index in [0.717, 1.165) is 43.2 Å². The quantitative estimate of drug-likeness (QED) is 0.748. The zero-order valence-electron chi connectivity index (χ0n) is 13.0. The second-order valence-corrected chi connectivity index (χ2v) is 5.50. The van der Waals surface area contributed by atoms with Crippen LogP contribution in [0.15, 0.2) is 30.4 Å². The third kappa shape index (κ3) is 5.06. The molecule has 0 aromatic heterocycles. The Bertz CT molecular complexity index is 467. The number of hydrogen-bond donors (Lipinski definition) is 1. The predicted molar refractivity (Wildman–Crippen MR) is 84.0 cm³/mol. The molecule has 1 heterocycles. The molecule has 0 aliphatic carbocycles. The summed E-state index contributed by atoms with van der Waals surface area (Å²) in [5.74, 6) is 1.51. The van der Waals surface area contributed by atoms with Crippen LogP contribution in [0.2, 0.25) is 0 Å². The Morgan fingerprint density at radius 1 is 1.43 bits per heavy atom. The third-order valence-electron chi connectivity index (χ3n) is 3.43. The summed E-state index contributed by atoms with van der Waals surface area (Å²) >= 11 is 0. The minimum atomic E-state index is 0.363. The standard InChI is InChI=1S/C17H25NO3/c1-13(2)12-21-17-9-14(6-7-16(17)19-3)10-18-11-15-5-4-8-20-15/h6-7,9,15,18H,1,4-5,8,10-12H2,2-3H3. The van der Waals surface area contributed by atoms with E-state index in [4.69, 9.17) is 14.2 Å². The van der Waals surface area contributed by atoms with Gasteiger partial charge in [0.15, 0.2) is 11.5 Å². The predicted octanol–water partition coefficient (Wildman–Crippen LogP) is 2.92. The van der Waals surface area contributed by atoms with Crippen LogP contribution >= 0.6 is 0 Å². The lowest BCUT2D eigenvalue weighted by Crippen LogP contribution is -2.25. The Labute approximate surface area is 127 Å². The van der Waals surface area contributed by atoms with Gasteiger partial charge in [0.05, 0.1) is 13.2 Å². The van der Waals surface area contributed by atoms with Crippen molar-refractivity contribution in [2.75, 3.05) is 26.9 Å². The summed E-state index contributed by atoms with van der Waals surface area (Å²) in [6, 6.07) is 6.01. The van der Waals surface area contributed by atoms with Crippen molar-refractivity contribution in [2.45, 2.75) is 32.4 Å². The normalized spacial score (nSPS) is 17.7. The first-order valence-corrected chi connectivity index (χ1v) is 7.45. The Morgan fingerprint density at radius 2 is 2.29 bits per heavy atom. The molecule has 1 aromatic rings. The summed E-state index contributed by atoms with van der Waals surface area (Å²) in [6.07, 6.45) is 2.69. The third-order valence-corrected chi connectivity index (χ3v) is 3.43. The molecule has 116 valence electrons. The van der Waals surface area contributed by atoms with Crippen molar-refractivity contribution in [3.63, 3.8) is 0 Å². The molecule has 0 bridgehead atoms. The van der Waals surface area contributed by atoms with E-state index in [9.17, 15) is 0 Å². The molecule has 0 radical (unpaired) electrons. The highest BCUT2D eigenvalue weighted by atomic mass is 16.5. The summed E-state index contributed by atoms with van der Waals surface area (Å²) < 4.78 is 16.7. The van der Waals surface area contributed by atoms with Gasteiger partial charge in [-0.25, -0.2) is 0 Å². The Hall–Kier alpha value is -1.52. The SMILES string of the molecule is C=C(C)COc1cc(CNCC2CCCO2)ccc1OC. The maximum atomic E-state index is 5.73. The van der Waals surface area contributed by atoms with Crippen molar-refractivity contribution < 1.29 is 14.2 Å². The zero-order chi connectivity index (χ0) is 15.1. The van der Waals surface area contributed by atoms with Crippen LogP contribution in [0.3, 0.4) is 0 Å². The molecular weight excluding hydrogens is 266 g/mol. The van der Waals surface area contributed by atoms with Crippen LogP contribution in [0.1, 0.15) is 25.3 Å². The molecule has 1 saturated heterocycles. The average Bonchev–Trinajstić information content (AvgIpc) is 2.98. The molecule has 4 heteroatoms. The average molecular weight is 291 g/mol. The van der Waals surface area contributed by atoms with Gasteiger partial charge >= 0.3 is 0 Å². The lowest BCUT2D eigenvalue weighted by Gasteiger charge is -2.14. The Kier molecular flexibility index (Phi) is 6.08. The summed E-state index contributed by atoms with van der Waals surface area (Å²) in [5, 5.41) is 3.43. The van der Waals surface area contributed by atoms with Crippen LogP contribution in [-0.4, -0.2) is 33.0 Å². The van der Waals surface area contributed by atoms with Gasteiger partial charge in [0.2, 0.25) is 0 Å². The fourth-order valence-electron chi connectivity index (χ4n) is 2.33. The fourth-order valence-corrected chi connectivity index (χ4v) is 2.33. The van der Waals surface area contributed by atoms with E-state index in [0.29, 0.717) is 12.7 Å². The minimum absolute atomic E-state index is 0.363. The number of methoxy groups -OCH3 is 1. The van der Waals surface area contributed by atoms with E-state index in [2.05, 4.69) is 18.0 Å². The maximum Gasteiger partial charge on any atom is 0.161 e. The molecule has 1 aliphatic rings. The fraction of sp³-hybridized carbons (Fsp3) is 0.529. The molecule has 1 unspecified atom stereocenters. The van der Waals surface area contributed by atoms with Gasteiger partial charge in [-0.15, -0.1) is 0 Å². The number of hydrogen-bond acceptors (Lipinski definition) is 4. The molecule has 1 aliphatic heterocycles. The lowest BCUT2D eigenvalue weighted by molar-refractivity contribution is 0.110. The monoisotopic (exact) mass is 291 g/mol. The number of benzene rings is 1. The Balaban J connectivity index is 1.89. The first kappa shape index (κ1) is 15.9. The minimum Gasteiger partial charge on any atom is -0.493 e. The lowest BCUT2D eigenvalue weighted by atomic mass is 10.2. The van der Waals surface area contributed by atoms with Gasteiger partial charge < -0.3 is 19.5 Å². The van der Waals surface area contributed by atoms with Crippen molar-refractivity contribution in [2.24, 2.45) is 0 Å². The summed E-state index contributed by atoms with van der Waals surface area (Å²) in [5.41, 5.74) is 2.16. The van der Waals surface area contributed by atoms with Crippen molar-refractivity contribution in [3.8, 4) is 11.5 Å². The molecule has 0 spiro atoms. The second kappa shape index (κ2) is 8.05. The van der Waals surface area contributed by atoms with Gasteiger partial charge in [-0.3, -0.25) is 0 Å². The van der Waals surface area contributed by atoms with Crippen molar-refractivity contribution in [3.05, 3.63) is 35.9 Å². The maximum absolute atomic E-state index is 5.73. The summed E-state index contributed by atoms with van der Waals surface area (Å²) in [7, 11) is 1.65. The van der Waals surface area contributed by atoms with Gasteiger partial charge in [-0.2, -0.15) is 0 Å². The van der Waals surface area contributed by atoms with Gasteiger partial charge in [0.1, 0.15) is 6.61 Å². The van der Waals surface area contributed by atoms with E-state index < -0.39 is 0 Å². The first-order valence-electron chi connectivity index (χ1n) is 7.45. The summed E-state index contributed by atoms with van der Waals surface area (Å²) in [4.78, 5) is 0. The topological polar surface area (TPSA) is 39.7 Å².